The number of hydrogen-bond acceptors (Lipinski definition) is 6. The zero-order chi connectivity index (χ0) is 11.2. The number of hydrogen-bond donors (Lipinski definition) is 4. The SMILES string of the molecule is CNC(=O)C(OCO)(OCO)C(N)=O. The lowest BCUT2D eigenvalue weighted by molar-refractivity contribution is -0.260. The summed E-state index contributed by atoms with van der Waals surface area (Å²) in [6, 6.07) is 0. The zero-order valence-corrected chi connectivity index (χ0v) is 7.52. The van der Waals surface area contributed by atoms with Gasteiger partial charge in [0, 0.05) is 7.05 Å². The number of aliphatic hydroxyl groups is 2. The van der Waals surface area contributed by atoms with Crippen LogP contribution >= 0.6 is 0 Å². The van der Waals surface area contributed by atoms with E-state index in [9.17, 15) is 9.59 Å². The van der Waals surface area contributed by atoms with Crippen molar-refractivity contribution in [3.05, 3.63) is 0 Å². The van der Waals surface area contributed by atoms with Gasteiger partial charge >= 0.3 is 5.79 Å². The number of primary amides is 1. The molecule has 0 aliphatic rings. The largest absolute Gasteiger partial charge is 0.370 e. The topological polar surface area (TPSA) is 131 Å². The van der Waals surface area contributed by atoms with Crippen molar-refractivity contribution in [3.8, 4) is 0 Å². The van der Waals surface area contributed by atoms with Crippen LogP contribution < -0.4 is 11.1 Å². The third-order valence-corrected chi connectivity index (χ3v) is 1.39. The first-order valence-corrected chi connectivity index (χ1v) is 3.56. The van der Waals surface area contributed by atoms with E-state index in [1.807, 2.05) is 5.32 Å². The second kappa shape index (κ2) is 5.50. The van der Waals surface area contributed by atoms with Crippen molar-refractivity contribution >= 4 is 11.8 Å². The summed E-state index contributed by atoms with van der Waals surface area (Å²) in [6.45, 7) is -1.92. The monoisotopic (exact) mass is 208 g/mol. The number of rotatable bonds is 6. The summed E-state index contributed by atoms with van der Waals surface area (Å²) in [5, 5.41) is 18.9. The third-order valence-electron chi connectivity index (χ3n) is 1.39. The van der Waals surface area contributed by atoms with Crippen LogP contribution in [0.25, 0.3) is 0 Å². The summed E-state index contributed by atoms with van der Waals surface area (Å²) in [5.74, 6) is -4.80. The Hall–Kier alpha value is -1.22. The predicted octanol–water partition coefficient (Wildman–Crippen LogP) is -3.15. The third kappa shape index (κ3) is 2.39. The molecule has 0 bridgehead atoms. The van der Waals surface area contributed by atoms with E-state index in [1.54, 1.807) is 0 Å². The number of nitrogens with two attached hydrogens (primary N) is 1. The lowest BCUT2D eigenvalue weighted by atomic mass is 10.2. The lowest BCUT2D eigenvalue weighted by Crippen LogP contribution is -2.59. The number of nitrogens with one attached hydrogen (secondary N) is 1. The number of likely N-dealkylation sites (N-methyl/N-ethyl adjacent to an activating group) is 1. The molecule has 0 unspecified atom stereocenters. The van der Waals surface area contributed by atoms with Gasteiger partial charge in [-0.15, -0.1) is 0 Å². The van der Waals surface area contributed by atoms with Gasteiger partial charge in [0.15, 0.2) is 0 Å². The fourth-order valence-electron chi connectivity index (χ4n) is 0.773. The molecule has 8 heteroatoms. The van der Waals surface area contributed by atoms with Crippen molar-refractivity contribution in [3.63, 3.8) is 0 Å². The summed E-state index contributed by atoms with van der Waals surface area (Å²) >= 11 is 0. The smallest absolute Gasteiger partial charge is 0.335 e. The van der Waals surface area contributed by atoms with Crippen LogP contribution in [0, 0.1) is 0 Å². The van der Waals surface area contributed by atoms with Crippen LogP contribution in [-0.2, 0) is 19.1 Å². The Balaban J connectivity index is 4.92. The van der Waals surface area contributed by atoms with Gasteiger partial charge in [-0.1, -0.05) is 0 Å². The highest BCUT2D eigenvalue weighted by atomic mass is 16.8. The van der Waals surface area contributed by atoms with Crippen molar-refractivity contribution in [2.24, 2.45) is 5.73 Å². The van der Waals surface area contributed by atoms with E-state index in [4.69, 9.17) is 15.9 Å². The number of carbonyl (C=O) groups excluding carboxylic acids is 2. The summed E-state index contributed by atoms with van der Waals surface area (Å²) in [5.41, 5.74) is 4.85. The average Bonchev–Trinajstić information content (AvgIpc) is 2.15. The minimum absolute atomic E-state index is 0.962. The van der Waals surface area contributed by atoms with E-state index in [0.717, 1.165) is 0 Å². The Morgan fingerprint density at radius 1 is 1.36 bits per heavy atom. The van der Waals surface area contributed by atoms with E-state index < -0.39 is 31.2 Å². The number of ether oxygens (including phenoxy) is 2. The molecule has 0 spiro atoms. The van der Waals surface area contributed by atoms with Gasteiger partial charge in [-0.2, -0.15) is 0 Å². The first kappa shape index (κ1) is 12.8. The summed E-state index contributed by atoms with van der Waals surface area (Å²) < 4.78 is 8.74. The summed E-state index contributed by atoms with van der Waals surface area (Å²) in [4.78, 5) is 22.1. The van der Waals surface area contributed by atoms with Gasteiger partial charge in [0.1, 0.15) is 13.6 Å². The molecule has 5 N–H and O–H groups in total. The van der Waals surface area contributed by atoms with Crippen LogP contribution in [0.15, 0.2) is 0 Å². The molecule has 0 aliphatic carbocycles. The molecular weight excluding hydrogens is 196 g/mol. The minimum Gasteiger partial charge on any atom is -0.370 e. The van der Waals surface area contributed by atoms with Crippen molar-refractivity contribution in [1.29, 1.82) is 0 Å². The van der Waals surface area contributed by atoms with E-state index >= 15 is 0 Å². The molecule has 0 fully saturated rings. The molecule has 14 heavy (non-hydrogen) atoms. The standard InChI is InChI=1S/C6H12N2O6/c1-8-5(12)6(4(7)11,13-2-9)14-3-10/h9-10H,2-3H2,1H3,(H2,7,11)(H,8,12). The molecule has 0 aromatic rings. The minimum atomic E-state index is -2.50. The van der Waals surface area contributed by atoms with Gasteiger partial charge < -0.3 is 30.7 Å². The van der Waals surface area contributed by atoms with Crippen LogP contribution in [0.2, 0.25) is 0 Å². The average molecular weight is 208 g/mol. The van der Waals surface area contributed by atoms with Crippen LogP contribution in [0.1, 0.15) is 0 Å². The maximum Gasteiger partial charge on any atom is 0.335 e. The molecule has 0 heterocycles. The van der Waals surface area contributed by atoms with Gasteiger partial charge in [-0.3, -0.25) is 9.59 Å². The molecule has 82 valence electrons. The Morgan fingerprint density at radius 2 is 1.79 bits per heavy atom. The van der Waals surface area contributed by atoms with Crippen molar-refractivity contribution < 1.29 is 29.3 Å². The highest BCUT2D eigenvalue weighted by Gasteiger charge is 2.47. The number of amides is 2. The van der Waals surface area contributed by atoms with Gasteiger partial charge in [-0.05, 0) is 0 Å². The van der Waals surface area contributed by atoms with Crippen molar-refractivity contribution in [2.45, 2.75) is 5.79 Å². The van der Waals surface area contributed by atoms with Crippen LogP contribution in [-0.4, -0.2) is 48.4 Å². The Bertz CT molecular complexity index is 212. The van der Waals surface area contributed by atoms with Crippen LogP contribution in [0.4, 0.5) is 0 Å². The molecule has 0 radical (unpaired) electrons. The highest BCUT2D eigenvalue weighted by molar-refractivity contribution is 6.06. The first-order valence-electron chi connectivity index (χ1n) is 3.56. The predicted molar refractivity (Wildman–Crippen MR) is 42.3 cm³/mol. The van der Waals surface area contributed by atoms with E-state index in [2.05, 4.69) is 9.47 Å². The Labute approximate surface area is 79.6 Å². The number of aliphatic hydroxyl groups excluding tert-OH is 2. The van der Waals surface area contributed by atoms with E-state index in [1.165, 1.54) is 7.05 Å². The van der Waals surface area contributed by atoms with Gasteiger partial charge in [0.05, 0.1) is 0 Å². The van der Waals surface area contributed by atoms with E-state index in [-0.39, 0.29) is 0 Å². The van der Waals surface area contributed by atoms with Crippen LogP contribution in [0.5, 0.6) is 0 Å². The lowest BCUT2D eigenvalue weighted by Gasteiger charge is -2.26. The molecule has 0 saturated heterocycles. The molecule has 0 saturated carbocycles. The molecule has 0 aromatic carbocycles. The summed E-state index contributed by atoms with van der Waals surface area (Å²) in [7, 11) is 1.21. The molecular formula is C6H12N2O6. The van der Waals surface area contributed by atoms with Crippen molar-refractivity contribution in [1.82, 2.24) is 5.32 Å². The van der Waals surface area contributed by atoms with Crippen LogP contribution in [0.3, 0.4) is 0 Å². The first-order chi connectivity index (χ1) is 6.55. The fraction of sp³-hybridized carbons (Fsp3) is 0.667. The molecule has 0 aromatic heterocycles. The molecule has 8 nitrogen and oxygen atoms in total. The quantitative estimate of drug-likeness (QED) is 0.269. The Morgan fingerprint density at radius 3 is 2.00 bits per heavy atom. The van der Waals surface area contributed by atoms with Gasteiger partial charge in [-0.25, -0.2) is 0 Å². The second-order valence-corrected chi connectivity index (χ2v) is 2.11. The van der Waals surface area contributed by atoms with E-state index in [0.29, 0.717) is 0 Å². The number of carbonyl (C=O) groups is 2. The molecule has 0 rings (SSSR count). The molecule has 0 atom stereocenters. The maximum absolute atomic E-state index is 11.2. The normalized spacial score (nSPS) is 11.1. The summed E-state index contributed by atoms with van der Waals surface area (Å²) in [6.07, 6.45) is 0. The van der Waals surface area contributed by atoms with Gasteiger partial charge in [0.2, 0.25) is 0 Å². The maximum atomic E-state index is 11.2. The Kier molecular flexibility index (Phi) is 5.02. The molecule has 2 amide bonds. The second-order valence-electron chi connectivity index (χ2n) is 2.11. The van der Waals surface area contributed by atoms with Gasteiger partial charge in [0.25, 0.3) is 11.8 Å². The highest BCUT2D eigenvalue weighted by Crippen LogP contribution is 2.12. The fourth-order valence-corrected chi connectivity index (χ4v) is 0.773. The molecule has 0 aliphatic heterocycles. The van der Waals surface area contributed by atoms with Crippen molar-refractivity contribution in [2.75, 3.05) is 20.6 Å². The zero-order valence-electron chi connectivity index (χ0n) is 7.52.